The van der Waals surface area contributed by atoms with Crippen LogP contribution < -0.4 is 16.0 Å². The lowest BCUT2D eigenvalue weighted by Crippen LogP contribution is -2.87. The first-order valence-corrected chi connectivity index (χ1v) is 9.26. The average molecular weight is 400 g/mol. The molecule has 1 heterocycles. The summed E-state index contributed by atoms with van der Waals surface area (Å²) in [5, 5.41) is 7.19. The highest BCUT2D eigenvalue weighted by Crippen LogP contribution is 2.23. The monoisotopic (exact) mass is 400 g/mol. The lowest BCUT2D eigenvalue weighted by Gasteiger charge is -2.15. The number of aryl methyl sites for hydroxylation is 1. The predicted molar refractivity (Wildman–Crippen MR) is 96.4 cm³/mol. The summed E-state index contributed by atoms with van der Waals surface area (Å²) in [7, 11) is 0. The molecule has 0 fully saturated rings. The molecule has 9 heteroatoms. The Bertz CT molecular complexity index is 746. The Morgan fingerprint density at radius 2 is 1.89 bits per heavy atom. The minimum atomic E-state index is -4.53. The van der Waals surface area contributed by atoms with Gasteiger partial charge in [-0.05, 0) is 23.4 Å². The maximum absolute atomic E-state index is 12.1. The number of imide groups is 1. The summed E-state index contributed by atoms with van der Waals surface area (Å²) < 4.78 is 36.2. The standard InChI is InChI=1S/C18H20F3N3O2S/c1-2-12-5-7-13(8-6-12)16(14-4-3-9-27-14)22-10-15(25)24-17(26)23-11-18(19,20)21/h3-9,16,22H,2,10-11H2,1H3,(H2,23,24,25,26)/p+1/t16-/m0/s1. The summed E-state index contributed by atoms with van der Waals surface area (Å²) in [6, 6.07) is 10.6. The lowest BCUT2D eigenvalue weighted by molar-refractivity contribution is -0.676. The third-order valence-corrected chi connectivity index (χ3v) is 4.79. The number of nitrogens with one attached hydrogen (secondary N) is 2. The molecule has 0 aliphatic rings. The molecular formula is C18H21F3N3O2S+. The first-order valence-electron chi connectivity index (χ1n) is 8.38. The number of quaternary nitrogens is 1. The fraction of sp³-hybridized carbons (Fsp3) is 0.333. The van der Waals surface area contributed by atoms with Gasteiger partial charge in [0.1, 0.15) is 12.6 Å². The van der Waals surface area contributed by atoms with Crippen molar-refractivity contribution in [3.05, 3.63) is 57.8 Å². The van der Waals surface area contributed by atoms with Gasteiger partial charge >= 0.3 is 12.2 Å². The van der Waals surface area contributed by atoms with Crippen LogP contribution in [0.1, 0.15) is 29.0 Å². The summed E-state index contributed by atoms with van der Waals surface area (Å²) >= 11 is 1.54. The van der Waals surface area contributed by atoms with E-state index in [1.807, 2.05) is 47.1 Å². The van der Waals surface area contributed by atoms with Gasteiger partial charge in [-0.3, -0.25) is 10.1 Å². The van der Waals surface area contributed by atoms with E-state index in [0.29, 0.717) is 0 Å². The Kier molecular flexibility index (Phi) is 7.37. The van der Waals surface area contributed by atoms with E-state index < -0.39 is 24.7 Å². The quantitative estimate of drug-likeness (QED) is 0.668. The van der Waals surface area contributed by atoms with E-state index in [2.05, 4.69) is 6.92 Å². The summed E-state index contributed by atoms with van der Waals surface area (Å²) in [5.41, 5.74) is 2.20. The molecule has 4 N–H and O–H groups in total. The third kappa shape index (κ3) is 7.03. The van der Waals surface area contributed by atoms with Crippen molar-refractivity contribution in [2.45, 2.75) is 25.6 Å². The summed E-state index contributed by atoms with van der Waals surface area (Å²) in [6.45, 7) is 0.473. The second-order valence-corrected chi connectivity index (χ2v) is 6.85. The van der Waals surface area contributed by atoms with Gasteiger partial charge in [-0.1, -0.05) is 37.3 Å². The molecule has 5 nitrogen and oxygen atoms in total. The Balaban J connectivity index is 1.95. The molecule has 0 saturated carbocycles. The van der Waals surface area contributed by atoms with Gasteiger partial charge < -0.3 is 10.6 Å². The molecule has 0 spiro atoms. The molecule has 146 valence electrons. The topological polar surface area (TPSA) is 74.8 Å². The number of amides is 3. The molecule has 1 aromatic heterocycles. The van der Waals surface area contributed by atoms with Gasteiger partial charge in [-0.2, -0.15) is 13.2 Å². The maximum atomic E-state index is 12.1. The number of halogens is 3. The molecule has 0 aliphatic heterocycles. The van der Waals surface area contributed by atoms with Crippen LogP contribution in [-0.2, 0) is 11.2 Å². The van der Waals surface area contributed by atoms with Crippen LogP contribution in [0.3, 0.4) is 0 Å². The maximum Gasteiger partial charge on any atom is 0.405 e. The second-order valence-electron chi connectivity index (χ2n) is 5.87. The number of hydrogen-bond acceptors (Lipinski definition) is 3. The molecule has 0 unspecified atom stereocenters. The SMILES string of the molecule is CCc1ccc([C@H]([NH2+]CC(=O)NC(=O)NCC(F)(F)F)c2cccs2)cc1. The van der Waals surface area contributed by atoms with Gasteiger partial charge in [-0.25, -0.2) is 4.79 Å². The molecule has 2 rings (SSSR count). The fourth-order valence-electron chi connectivity index (χ4n) is 2.47. The fourth-order valence-corrected chi connectivity index (χ4v) is 3.32. The lowest BCUT2D eigenvalue weighted by atomic mass is 10.0. The van der Waals surface area contributed by atoms with E-state index in [0.717, 1.165) is 16.9 Å². The highest BCUT2D eigenvalue weighted by Gasteiger charge is 2.28. The van der Waals surface area contributed by atoms with Crippen molar-refractivity contribution in [3.63, 3.8) is 0 Å². The zero-order chi connectivity index (χ0) is 19.9. The van der Waals surface area contributed by atoms with Crippen molar-refractivity contribution in [2.75, 3.05) is 13.1 Å². The summed E-state index contributed by atoms with van der Waals surface area (Å²) in [4.78, 5) is 24.3. The van der Waals surface area contributed by atoms with Crippen molar-refractivity contribution in [1.82, 2.24) is 10.6 Å². The molecule has 1 atom stereocenters. The first-order chi connectivity index (χ1) is 12.8. The van der Waals surface area contributed by atoms with Gasteiger partial charge in [0.15, 0.2) is 6.54 Å². The number of nitrogens with two attached hydrogens (primary N) is 1. The highest BCUT2D eigenvalue weighted by molar-refractivity contribution is 7.10. The normalized spacial score (nSPS) is 12.4. The molecule has 3 amide bonds. The van der Waals surface area contributed by atoms with Crippen LogP contribution in [0.4, 0.5) is 18.0 Å². The number of benzene rings is 1. The van der Waals surface area contributed by atoms with Crippen LogP contribution >= 0.6 is 11.3 Å². The number of alkyl halides is 3. The minimum Gasteiger partial charge on any atom is -0.329 e. The third-order valence-electron chi connectivity index (χ3n) is 3.84. The molecule has 0 aliphatic carbocycles. The molecule has 1 aromatic carbocycles. The number of thiophene rings is 1. The Labute approximate surface area is 159 Å². The van der Waals surface area contributed by atoms with E-state index in [4.69, 9.17) is 0 Å². The van der Waals surface area contributed by atoms with E-state index in [9.17, 15) is 22.8 Å². The van der Waals surface area contributed by atoms with Crippen molar-refractivity contribution in [3.8, 4) is 0 Å². The van der Waals surface area contributed by atoms with Crippen LogP contribution in [0.5, 0.6) is 0 Å². The molecule has 2 aromatic rings. The number of urea groups is 1. The summed E-state index contributed by atoms with van der Waals surface area (Å²) in [6.07, 6.45) is -3.61. The molecular weight excluding hydrogens is 379 g/mol. The average Bonchev–Trinajstić information content (AvgIpc) is 3.14. The van der Waals surface area contributed by atoms with E-state index in [-0.39, 0.29) is 12.6 Å². The zero-order valence-corrected chi connectivity index (χ0v) is 15.5. The first kappa shape index (κ1) is 20.9. The second kappa shape index (κ2) is 9.52. The van der Waals surface area contributed by atoms with Gasteiger partial charge in [0.25, 0.3) is 5.91 Å². The number of carbonyl (C=O) groups is 2. The Morgan fingerprint density at radius 1 is 1.19 bits per heavy atom. The zero-order valence-electron chi connectivity index (χ0n) is 14.7. The van der Waals surface area contributed by atoms with Crippen molar-refractivity contribution < 1.29 is 28.1 Å². The number of hydrogen-bond donors (Lipinski definition) is 3. The molecule has 0 saturated heterocycles. The molecule has 0 radical (unpaired) electrons. The van der Waals surface area contributed by atoms with Crippen molar-refractivity contribution in [1.29, 1.82) is 0 Å². The molecule has 27 heavy (non-hydrogen) atoms. The van der Waals surface area contributed by atoms with Crippen LogP contribution in [-0.4, -0.2) is 31.2 Å². The Morgan fingerprint density at radius 3 is 2.44 bits per heavy atom. The predicted octanol–water partition coefficient (Wildman–Crippen LogP) is 2.35. The van der Waals surface area contributed by atoms with E-state index in [1.165, 1.54) is 5.56 Å². The smallest absolute Gasteiger partial charge is 0.329 e. The van der Waals surface area contributed by atoms with Gasteiger partial charge in [0.2, 0.25) is 0 Å². The van der Waals surface area contributed by atoms with Crippen LogP contribution in [0.25, 0.3) is 0 Å². The minimum absolute atomic E-state index is 0.0997. The Hall–Kier alpha value is -2.39. The largest absolute Gasteiger partial charge is 0.405 e. The van der Waals surface area contributed by atoms with Gasteiger partial charge in [0, 0.05) is 5.56 Å². The van der Waals surface area contributed by atoms with Crippen LogP contribution in [0.2, 0.25) is 0 Å². The summed E-state index contributed by atoms with van der Waals surface area (Å²) in [5.74, 6) is -0.665. The number of carbonyl (C=O) groups excluding carboxylic acids is 2. The van der Waals surface area contributed by atoms with E-state index >= 15 is 0 Å². The van der Waals surface area contributed by atoms with Crippen molar-refractivity contribution in [2.24, 2.45) is 0 Å². The van der Waals surface area contributed by atoms with E-state index in [1.54, 1.807) is 22.0 Å². The molecule has 0 bridgehead atoms. The van der Waals surface area contributed by atoms with Crippen LogP contribution in [0, 0.1) is 0 Å². The van der Waals surface area contributed by atoms with Crippen molar-refractivity contribution >= 4 is 23.3 Å². The highest BCUT2D eigenvalue weighted by atomic mass is 32.1. The number of rotatable bonds is 7. The van der Waals surface area contributed by atoms with Gasteiger partial charge in [-0.15, -0.1) is 11.3 Å². The van der Waals surface area contributed by atoms with Crippen LogP contribution in [0.15, 0.2) is 41.8 Å². The van der Waals surface area contributed by atoms with Gasteiger partial charge in [0.05, 0.1) is 4.88 Å².